The van der Waals surface area contributed by atoms with Gasteiger partial charge in [0, 0.05) is 24.6 Å². The third kappa shape index (κ3) is 6.08. The summed E-state index contributed by atoms with van der Waals surface area (Å²) in [7, 11) is 0. The van der Waals surface area contributed by atoms with E-state index in [-0.39, 0.29) is 23.2 Å². The van der Waals surface area contributed by atoms with Gasteiger partial charge in [0.15, 0.2) is 0 Å². The minimum absolute atomic E-state index is 0.00133. The van der Waals surface area contributed by atoms with Crippen molar-refractivity contribution in [2.75, 3.05) is 13.2 Å². The van der Waals surface area contributed by atoms with Crippen LogP contribution in [0.2, 0.25) is 0 Å². The van der Waals surface area contributed by atoms with Gasteiger partial charge in [0.2, 0.25) is 0 Å². The number of carbonyl (C=O) groups is 1. The van der Waals surface area contributed by atoms with Gasteiger partial charge in [0.05, 0.1) is 12.7 Å². The molecule has 0 unspecified atom stereocenters. The fourth-order valence-electron chi connectivity index (χ4n) is 3.55. The van der Waals surface area contributed by atoms with E-state index in [1.807, 2.05) is 13.8 Å². The Labute approximate surface area is 198 Å². The molecule has 1 aliphatic rings. The van der Waals surface area contributed by atoms with Crippen LogP contribution in [0.4, 0.5) is 13.2 Å². The van der Waals surface area contributed by atoms with E-state index in [1.165, 1.54) is 24.3 Å². The van der Waals surface area contributed by atoms with Gasteiger partial charge in [0.1, 0.15) is 24.5 Å². The van der Waals surface area contributed by atoms with Crippen LogP contribution in [0, 0.1) is 17.8 Å². The van der Waals surface area contributed by atoms with E-state index in [1.54, 1.807) is 6.07 Å². The predicted molar refractivity (Wildman–Crippen MR) is 119 cm³/mol. The Bertz CT molecular complexity index is 1220. The van der Waals surface area contributed by atoms with Crippen molar-refractivity contribution in [3.8, 4) is 11.8 Å². The second-order valence-electron chi connectivity index (χ2n) is 8.39. The molecule has 3 atom stereocenters. The van der Waals surface area contributed by atoms with Gasteiger partial charge >= 0.3 is 11.9 Å². The van der Waals surface area contributed by atoms with Gasteiger partial charge in [-0.05, 0) is 18.1 Å². The lowest BCUT2D eigenvalue weighted by atomic mass is 10.1. The fraction of sp³-hybridized carbons (Fsp3) is 0.458. The van der Waals surface area contributed by atoms with Crippen LogP contribution < -0.4 is 11.2 Å². The average Bonchev–Trinajstić information content (AvgIpc) is 3.21. The van der Waals surface area contributed by atoms with E-state index >= 15 is 0 Å². The molecule has 0 saturated carbocycles. The largest absolute Gasteiger partial charge is 0.423 e. The van der Waals surface area contributed by atoms with Crippen molar-refractivity contribution in [1.29, 1.82) is 0 Å². The third-order valence-electron chi connectivity index (χ3n) is 5.32. The Morgan fingerprint density at radius 3 is 2.51 bits per heavy atom. The van der Waals surface area contributed by atoms with Crippen molar-refractivity contribution >= 4 is 5.91 Å². The second-order valence-corrected chi connectivity index (χ2v) is 8.39. The molecule has 0 bridgehead atoms. The third-order valence-corrected chi connectivity index (χ3v) is 5.32. The van der Waals surface area contributed by atoms with Crippen molar-refractivity contribution in [2.24, 2.45) is 5.92 Å². The number of aliphatic hydroxyl groups excluding tert-OH is 1. The van der Waals surface area contributed by atoms with E-state index in [9.17, 15) is 32.7 Å². The molecule has 0 aliphatic carbocycles. The normalized spacial score (nSPS) is 20.0. The molecule has 188 valence electrons. The van der Waals surface area contributed by atoms with Crippen LogP contribution in [0.3, 0.4) is 0 Å². The molecule has 35 heavy (non-hydrogen) atoms. The summed E-state index contributed by atoms with van der Waals surface area (Å²) in [4.78, 5) is 38.4. The maximum Gasteiger partial charge on any atom is 0.423 e. The zero-order chi connectivity index (χ0) is 25.8. The molecule has 0 amide bonds. The van der Waals surface area contributed by atoms with Crippen LogP contribution in [-0.2, 0) is 15.7 Å². The first kappa shape index (κ1) is 26.4. The summed E-state index contributed by atoms with van der Waals surface area (Å²) in [6.45, 7) is 3.48. The lowest BCUT2D eigenvalue weighted by Crippen LogP contribution is -2.47. The van der Waals surface area contributed by atoms with Crippen LogP contribution >= 0.6 is 0 Å². The topological polar surface area (TPSA) is 99.8 Å². The number of benzene rings is 1. The maximum absolute atomic E-state index is 13.6. The van der Waals surface area contributed by atoms with Crippen LogP contribution in [0.5, 0.6) is 0 Å². The summed E-state index contributed by atoms with van der Waals surface area (Å²) in [6.07, 6.45) is -7.28. The van der Waals surface area contributed by atoms with Crippen LogP contribution in [0.25, 0.3) is 0 Å². The first-order valence-electron chi connectivity index (χ1n) is 10.9. The Morgan fingerprint density at radius 2 is 1.91 bits per heavy atom. The van der Waals surface area contributed by atoms with Gasteiger partial charge in [0.25, 0.3) is 11.5 Å². The summed E-state index contributed by atoms with van der Waals surface area (Å²) >= 11 is 0. The molecule has 1 fully saturated rings. The summed E-state index contributed by atoms with van der Waals surface area (Å²) in [6, 6.07) is 7.01. The van der Waals surface area contributed by atoms with E-state index in [2.05, 4.69) is 11.8 Å². The number of nitrogens with zero attached hydrogens (tertiary/aromatic N) is 2. The average molecular weight is 494 g/mol. The van der Waals surface area contributed by atoms with Gasteiger partial charge in [-0.25, -0.2) is 4.79 Å². The van der Waals surface area contributed by atoms with Crippen molar-refractivity contribution in [3.05, 3.63) is 68.5 Å². The SMILES string of the molecule is CC(C)CC#CCO[C@H]1C[C@H](n2cc(C(F)(F)F)c(=O)n(C(=O)c3ccccc3)c2=O)O[C@@H]1CO. The molecule has 1 aliphatic heterocycles. The van der Waals surface area contributed by atoms with Crippen molar-refractivity contribution in [3.63, 3.8) is 0 Å². The second kappa shape index (κ2) is 11.0. The molecule has 3 rings (SSSR count). The maximum atomic E-state index is 13.6. The molecule has 1 saturated heterocycles. The van der Waals surface area contributed by atoms with Gasteiger partial charge in [-0.15, -0.1) is 5.92 Å². The lowest BCUT2D eigenvalue weighted by Gasteiger charge is -2.18. The Hall–Kier alpha value is -3.20. The summed E-state index contributed by atoms with van der Waals surface area (Å²) in [5.41, 5.74) is -4.91. The number of rotatable bonds is 6. The number of halogens is 3. The van der Waals surface area contributed by atoms with Crippen molar-refractivity contribution in [2.45, 2.75) is 51.3 Å². The summed E-state index contributed by atoms with van der Waals surface area (Å²) < 4.78 is 52.6. The minimum atomic E-state index is -5.14. The smallest absolute Gasteiger partial charge is 0.394 e. The summed E-state index contributed by atoms with van der Waals surface area (Å²) in [5.74, 6) is 4.91. The number of hydrogen-bond acceptors (Lipinski definition) is 6. The van der Waals surface area contributed by atoms with Gasteiger partial charge in [-0.1, -0.05) is 38.0 Å². The number of alkyl halides is 3. The number of ether oxygens (including phenoxy) is 2. The quantitative estimate of drug-likeness (QED) is 0.620. The first-order chi connectivity index (χ1) is 16.5. The molecule has 2 aromatic rings. The van der Waals surface area contributed by atoms with E-state index in [0.717, 1.165) is 0 Å². The molecular weight excluding hydrogens is 469 g/mol. The number of hydrogen-bond donors (Lipinski definition) is 1. The monoisotopic (exact) mass is 494 g/mol. The molecule has 0 radical (unpaired) electrons. The Balaban J connectivity index is 1.98. The summed E-state index contributed by atoms with van der Waals surface area (Å²) in [5, 5.41) is 9.65. The molecule has 0 spiro atoms. The molecule has 1 aromatic carbocycles. The zero-order valence-electron chi connectivity index (χ0n) is 19.1. The first-order valence-corrected chi connectivity index (χ1v) is 10.9. The minimum Gasteiger partial charge on any atom is -0.394 e. The number of carbonyl (C=O) groups excluding carboxylic acids is 1. The van der Waals surface area contributed by atoms with Crippen LogP contribution in [-0.4, -0.2) is 45.6 Å². The van der Waals surface area contributed by atoms with Crippen molar-refractivity contribution < 1.29 is 32.5 Å². The highest BCUT2D eigenvalue weighted by Crippen LogP contribution is 2.31. The standard InChI is InChI=1S/C24H25F3N2O6/c1-15(2)8-6-7-11-34-18-12-20(35-19(18)14-30)28-13-17(24(25,26)27)22(32)29(23(28)33)21(31)16-9-4-3-5-10-16/h3-5,9-10,13,15,18-20,30H,8,11-12,14H2,1-2H3/t18-,19+,20+/m0/s1. The van der Waals surface area contributed by atoms with Gasteiger partial charge < -0.3 is 14.6 Å². The molecule has 8 nitrogen and oxygen atoms in total. The fourth-order valence-corrected chi connectivity index (χ4v) is 3.55. The van der Waals surface area contributed by atoms with Gasteiger partial charge in [-0.2, -0.15) is 17.7 Å². The van der Waals surface area contributed by atoms with Gasteiger partial charge in [-0.3, -0.25) is 14.2 Å². The molecule has 11 heteroatoms. The van der Waals surface area contributed by atoms with E-state index in [4.69, 9.17) is 9.47 Å². The molecular formula is C24H25F3N2O6. The van der Waals surface area contributed by atoms with Crippen LogP contribution in [0.1, 0.15) is 48.8 Å². The van der Waals surface area contributed by atoms with E-state index < -0.39 is 53.9 Å². The highest BCUT2D eigenvalue weighted by molar-refractivity contribution is 5.95. The molecule has 2 heterocycles. The Morgan fingerprint density at radius 1 is 1.23 bits per heavy atom. The predicted octanol–water partition coefficient (Wildman–Crippen LogP) is 2.43. The van der Waals surface area contributed by atoms with Crippen LogP contribution in [0.15, 0.2) is 46.1 Å². The Kier molecular flexibility index (Phi) is 8.32. The molecule has 1 aromatic heterocycles. The highest BCUT2D eigenvalue weighted by atomic mass is 19.4. The van der Waals surface area contributed by atoms with E-state index in [0.29, 0.717) is 23.1 Å². The highest BCUT2D eigenvalue weighted by Gasteiger charge is 2.41. The number of aromatic nitrogens is 2. The van der Waals surface area contributed by atoms with Crippen molar-refractivity contribution in [1.82, 2.24) is 9.13 Å². The number of aliphatic hydroxyl groups is 1. The lowest BCUT2D eigenvalue weighted by molar-refractivity contribution is -0.139. The zero-order valence-corrected chi connectivity index (χ0v) is 19.1. The molecule has 1 N–H and O–H groups in total.